The number of morpholine rings is 1. The zero-order valence-corrected chi connectivity index (χ0v) is 11.8. The summed E-state index contributed by atoms with van der Waals surface area (Å²) in [5.41, 5.74) is 2.35. The third kappa shape index (κ3) is 4.20. The topological polar surface area (TPSA) is 41.9 Å². The molecule has 1 saturated heterocycles. The minimum atomic E-state index is -0.460. The van der Waals surface area contributed by atoms with Crippen LogP contribution in [0.4, 0.5) is 0 Å². The van der Waals surface area contributed by atoms with Crippen LogP contribution >= 0.6 is 0 Å². The Morgan fingerprint density at radius 3 is 2.79 bits per heavy atom. The Morgan fingerprint density at radius 1 is 1.32 bits per heavy atom. The predicted molar refractivity (Wildman–Crippen MR) is 74.7 cm³/mol. The van der Waals surface area contributed by atoms with Gasteiger partial charge in [-0.1, -0.05) is 12.1 Å². The van der Waals surface area contributed by atoms with Gasteiger partial charge in [-0.15, -0.1) is 0 Å². The lowest BCUT2D eigenvalue weighted by Crippen LogP contribution is -2.42. The highest BCUT2D eigenvalue weighted by molar-refractivity contribution is 5.38. The van der Waals surface area contributed by atoms with E-state index in [2.05, 4.69) is 17.9 Å². The van der Waals surface area contributed by atoms with Crippen LogP contribution in [0, 0.1) is 13.8 Å². The van der Waals surface area contributed by atoms with E-state index in [0.717, 1.165) is 37.6 Å². The van der Waals surface area contributed by atoms with Crippen molar-refractivity contribution < 1.29 is 14.6 Å². The molecular formula is C15H23NO3. The molecule has 19 heavy (non-hydrogen) atoms. The highest BCUT2D eigenvalue weighted by Gasteiger charge is 2.15. The van der Waals surface area contributed by atoms with Gasteiger partial charge in [-0.3, -0.25) is 4.90 Å². The largest absolute Gasteiger partial charge is 0.491 e. The summed E-state index contributed by atoms with van der Waals surface area (Å²) in [5.74, 6) is 0.862. The van der Waals surface area contributed by atoms with Gasteiger partial charge >= 0.3 is 0 Å². The fourth-order valence-corrected chi connectivity index (χ4v) is 2.20. The van der Waals surface area contributed by atoms with Gasteiger partial charge in [0.05, 0.1) is 13.2 Å². The first-order valence-electron chi connectivity index (χ1n) is 6.84. The van der Waals surface area contributed by atoms with Gasteiger partial charge in [0.15, 0.2) is 0 Å². The molecule has 0 spiro atoms. The van der Waals surface area contributed by atoms with E-state index in [9.17, 15) is 5.11 Å². The Labute approximate surface area is 114 Å². The zero-order valence-electron chi connectivity index (χ0n) is 11.8. The highest BCUT2D eigenvalue weighted by atomic mass is 16.5. The summed E-state index contributed by atoms with van der Waals surface area (Å²) in [6.07, 6.45) is -0.460. The number of β-amino-alcohol motifs (C(OH)–C–C–N with tert-alkyl or cyclic N) is 1. The van der Waals surface area contributed by atoms with E-state index in [1.54, 1.807) is 0 Å². The molecule has 0 unspecified atom stereocenters. The van der Waals surface area contributed by atoms with Crippen molar-refractivity contribution in [2.24, 2.45) is 0 Å². The summed E-state index contributed by atoms with van der Waals surface area (Å²) in [4.78, 5) is 2.21. The third-order valence-electron chi connectivity index (χ3n) is 3.56. The molecule has 0 radical (unpaired) electrons. The first-order chi connectivity index (χ1) is 9.16. The molecule has 4 nitrogen and oxygen atoms in total. The second-order valence-corrected chi connectivity index (χ2v) is 5.08. The van der Waals surface area contributed by atoms with E-state index in [1.165, 1.54) is 5.56 Å². The SMILES string of the molecule is Cc1cccc(OC[C@@H](O)CN2CCOCC2)c1C. The maximum absolute atomic E-state index is 10.0. The zero-order chi connectivity index (χ0) is 13.7. The number of benzene rings is 1. The second kappa shape index (κ2) is 6.89. The van der Waals surface area contributed by atoms with Gasteiger partial charge in [0.25, 0.3) is 0 Å². The van der Waals surface area contributed by atoms with Gasteiger partial charge in [0.2, 0.25) is 0 Å². The quantitative estimate of drug-likeness (QED) is 0.873. The fraction of sp³-hybridized carbons (Fsp3) is 0.600. The maximum Gasteiger partial charge on any atom is 0.122 e. The van der Waals surface area contributed by atoms with Crippen LogP contribution in [-0.2, 0) is 4.74 Å². The molecule has 1 fully saturated rings. The van der Waals surface area contributed by atoms with Crippen molar-refractivity contribution in [3.63, 3.8) is 0 Å². The number of aliphatic hydroxyl groups excluding tert-OH is 1. The van der Waals surface area contributed by atoms with E-state index in [1.807, 2.05) is 19.1 Å². The van der Waals surface area contributed by atoms with E-state index in [0.29, 0.717) is 13.2 Å². The predicted octanol–water partition coefficient (Wildman–Crippen LogP) is 1.38. The van der Waals surface area contributed by atoms with Crippen molar-refractivity contribution in [2.75, 3.05) is 39.5 Å². The van der Waals surface area contributed by atoms with Crippen LogP contribution in [0.15, 0.2) is 18.2 Å². The van der Waals surface area contributed by atoms with Crippen molar-refractivity contribution >= 4 is 0 Å². The first kappa shape index (κ1) is 14.3. The maximum atomic E-state index is 10.0. The van der Waals surface area contributed by atoms with Crippen LogP contribution in [0.5, 0.6) is 5.75 Å². The molecule has 0 saturated carbocycles. The lowest BCUT2D eigenvalue weighted by Gasteiger charge is -2.28. The van der Waals surface area contributed by atoms with Crippen LogP contribution in [-0.4, -0.2) is 55.6 Å². The average Bonchev–Trinajstić information content (AvgIpc) is 2.42. The van der Waals surface area contributed by atoms with Crippen LogP contribution in [0.3, 0.4) is 0 Å². The minimum Gasteiger partial charge on any atom is -0.491 e. The summed E-state index contributed by atoms with van der Waals surface area (Å²) in [6, 6.07) is 5.99. The molecule has 1 aromatic carbocycles. The molecule has 1 N–H and O–H groups in total. The van der Waals surface area contributed by atoms with Crippen molar-refractivity contribution in [3.05, 3.63) is 29.3 Å². The second-order valence-electron chi connectivity index (χ2n) is 5.08. The molecule has 0 bridgehead atoms. The van der Waals surface area contributed by atoms with E-state index >= 15 is 0 Å². The van der Waals surface area contributed by atoms with Crippen molar-refractivity contribution in [2.45, 2.75) is 20.0 Å². The number of hydrogen-bond donors (Lipinski definition) is 1. The van der Waals surface area contributed by atoms with Crippen molar-refractivity contribution in [1.82, 2.24) is 4.90 Å². The molecule has 0 aliphatic carbocycles. The van der Waals surface area contributed by atoms with E-state index in [-0.39, 0.29) is 0 Å². The Bertz CT molecular complexity index is 402. The Morgan fingerprint density at radius 2 is 2.05 bits per heavy atom. The van der Waals surface area contributed by atoms with Gasteiger partial charge in [-0.05, 0) is 31.0 Å². The minimum absolute atomic E-state index is 0.335. The van der Waals surface area contributed by atoms with Crippen molar-refractivity contribution in [3.8, 4) is 5.75 Å². The highest BCUT2D eigenvalue weighted by Crippen LogP contribution is 2.20. The van der Waals surface area contributed by atoms with Gasteiger partial charge in [-0.25, -0.2) is 0 Å². The summed E-state index contributed by atoms with van der Waals surface area (Å²) in [7, 11) is 0. The molecule has 0 aromatic heterocycles. The first-order valence-corrected chi connectivity index (χ1v) is 6.84. The van der Waals surface area contributed by atoms with Gasteiger partial charge in [-0.2, -0.15) is 0 Å². The third-order valence-corrected chi connectivity index (χ3v) is 3.56. The number of aliphatic hydroxyl groups is 1. The lowest BCUT2D eigenvalue weighted by molar-refractivity contribution is 0.00459. The molecule has 106 valence electrons. The van der Waals surface area contributed by atoms with Crippen LogP contribution < -0.4 is 4.74 Å². The fourth-order valence-electron chi connectivity index (χ4n) is 2.20. The average molecular weight is 265 g/mol. The summed E-state index contributed by atoms with van der Waals surface area (Å²) >= 11 is 0. The molecule has 1 aromatic rings. The standard InChI is InChI=1S/C15H23NO3/c1-12-4-3-5-15(13(12)2)19-11-14(17)10-16-6-8-18-9-7-16/h3-5,14,17H,6-11H2,1-2H3/t14-/m0/s1. The molecule has 1 heterocycles. The lowest BCUT2D eigenvalue weighted by atomic mass is 10.1. The summed E-state index contributed by atoms with van der Waals surface area (Å²) < 4.78 is 11.0. The summed E-state index contributed by atoms with van der Waals surface area (Å²) in [5, 5.41) is 10.0. The Balaban J connectivity index is 1.79. The van der Waals surface area contributed by atoms with E-state index < -0.39 is 6.10 Å². The molecule has 0 amide bonds. The number of aryl methyl sites for hydroxylation is 1. The Hall–Kier alpha value is -1.10. The number of nitrogens with zero attached hydrogens (tertiary/aromatic N) is 1. The monoisotopic (exact) mass is 265 g/mol. The number of hydrogen-bond acceptors (Lipinski definition) is 4. The van der Waals surface area contributed by atoms with Crippen LogP contribution in [0.25, 0.3) is 0 Å². The molecule has 1 aliphatic heterocycles. The smallest absolute Gasteiger partial charge is 0.122 e. The van der Waals surface area contributed by atoms with Crippen LogP contribution in [0.1, 0.15) is 11.1 Å². The van der Waals surface area contributed by atoms with Gasteiger partial charge < -0.3 is 14.6 Å². The Kier molecular flexibility index (Phi) is 5.19. The van der Waals surface area contributed by atoms with Crippen molar-refractivity contribution in [1.29, 1.82) is 0 Å². The van der Waals surface area contributed by atoms with Crippen LogP contribution in [0.2, 0.25) is 0 Å². The summed E-state index contributed by atoms with van der Waals surface area (Å²) in [6.45, 7) is 8.37. The molecule has 1 atom stereocenters. The van der Waals surface area contributed by atoms with E-state index in [4.69, 9.17) is 9.47 Å². The number of ether oxygens (including phenoxy) is 2. The molecule has 1 aliphatic rings. The van der Waals surface area contributed by atoms with Gasteiger partial charge in [0, 0.05) is 19.6 Å². The molecule has 4 heteroatoms. The molecular weight excluding hydrogens is 242 g/mol. The normalized spacial score (nSPS) is 18.3. The molecule has 2 rings (SSSR count). The number of rotatable bonds is 5. The van der Waals surface area contributed by atoms with Gasteiger partial charge in [0.1, 0.15) is 18.5 Å².